The molecule has 0 saturated carbocycles. The SMILES string of the molecule is C#COc1cc(Br)c(F)cc1N1C[C@H](COS(=O)(=O)c2cccc([N+](=O)[O-])c2)OC1=O. The highest BCUT2D eigenvalue weighted by molar-refractivity contribution is 9.10. The van der Waals surface area contributed by atoms with Crippen LogP contribution in [-0.4, -0.2) is 38.7 Å². The highest BCUT2D eigenvalue weighted by Crippen LogP contribution is 2.36. The quantitative estimate of drug-likeness (QED) is 0.238. The summed E-state index contributed by atoms with van der Waals surface area (Å²) in [4.78, 5) is 22.9. The lowest BCUT2D eigenvalue weighted by atomic mass is 10.2. The summed E-state index contributed by atoms with van der Waals surface area (Å²) in [6.45, 7) is -0.761. The predicted octanol–water partition coefficient (Wildman–Crippen LogP) is 3.20. The molecule has 2 aromatic carbocycles. The number of carbonyl (C=O) groups excluding carboxylic acids is 1. The summed E-state index contributed by atoms with van der Waals surface area (Å²) >= 11 is 2.98. The van der Waals surface area contributed by atoms with E-state index in [9.17, 15) is 27.7 Å². The topological polar surface area (TPSA) is 125 Å². The Morgan fingerprint density at radius 3 is 2.81 bits per heavy atom. The third-order valence-electron chi connectivity index (χ3n) is 4.06. The molecule has 0 radical (unpaired) electrons. The summed E-state index contributed by atoms with van der Waals surface area (Å²) in [5.74, 6) is -0.696. The van der Waals surface area contributed by atoms with Crippen LogP contribution in [0.1, 0.15) is 0 Å². The number of benzene rings is 2. The van der Waals surface area contributed by atoms with Gasteiger partial charge in [-0.3, -0.25) is 19.2 Å². The first-order valence-corrected chi connectivity index (χ1v) is 10.6. The largest absolute Gasteiger partial charge is 0.441 e. The molecule has 0 bridgehead atoms. The molecule has 1 aliphatic rings. The Kier molecular flexibility index (Phi) is 6.44. The van der Waals surface area contributed by atoms with E-state index in [2.05, 4.69) is 15.9 Å². The molecule has 1 fully saturated rings. The number of carbonyl (C=O) groups is 1. The molecule has 31 heavy (non-hydrogen) atoms. The van der Waals surface area contributed by atoms with Gasteiger partial charge in [-0.15, -0.1) is 0 Å². The van der Waals surface area contributed by atoms with Crippen LogP contribution in [0.4, 0.5) is 20.6 Å². The second kappa shape index (κ2) is 8.88. The van der Waals surface area contributed by atoms with Gasteiger partial charge in [0.05, 0.1) is 21.6 Å². The van der Waals surface area contributed by atoms with Crippen molar-refractivity contribution in [3.05, 3.63) is 56.8 Å². The first kappa shape index (κ1) is 22.5. The van der Waals surface area contributed by atoms with Crippen LogP contribution in [0.5, 0.6) is 5.75 Å². The molecule has 0 unspecified atom stereocenters. The third-order valence-corrected chi connectivity index (χ3v) is 5.95. The standard InChI is InChI=1S/C18H12BrFN2O8S/c1-2-28-17-7-14(19)15(20)8-16(17)21-9-12(30-18(21)23)10-29-31(26,27)13-5-3-4-11(6-13)22(24)25/h1,3-8,12H,9-10H2/t12-/m1/s1. The number of rotatable bonds is 7. The minimum atomic E-state index is -4.36. The summed E-state index contributed by atoms with van der Waals surface area (Å²) in [5, 5.41) is 10.8. The normalized spacial score (nSPS) is 16.0. The highest BCUT2D eigenvalue weighted by atomic mass is 79.9. The Balaban J connectivity index is 1.75. The Hall–Kier alpha value is -3.21. The van der Waals surface area contributed by atoms with Gasteiger partial charge < -0.3 is 9.47 Å². The summed E-state index contributed by atoms with van der Waals surface area (Å²) in [7, 11) is -4.36. The number of cyclic esters (lactones) is 1. The number of hydrogen-bond acceptors (Lipinski definition) is 8. The maximum atomic E-state index is 14.0. The summed E-state index contributed by atoms with van der Waals surface area (Å²) in [6.07, 6.45) is 5.10. The van der Waals surface area contributed by atoms with E-state index in [1.165, 1.54) is 12.1 Å². The smallest absolute Gasteiger partial charge is 0.414 e. The molecule has 162 valence electrons. The number of nitrogens with zero attached hydrogens (tertiary/aromatic N) is 2. The fourth-order valence-corrected chi connectivity index (χ4v) is 3.97. The highest BCUT2D eigenvalue weighted by Gasteiger charge is 2.36. The summed E-state index contributed by atoms with van der Waals surface area (Å²) < 4.78 is 53.6. The molecule has 0 aromatic heterocycles. The van der Waals surface area contributed by atoms with Crippen LogP contribution >= 0.6 is 15.9 Å². The van der Waals surface area contributed by atoms with E-state index in [0.717, 1.165) is 29.2 Å². The molecule has 1 amide bonds. The number of anilines is 1. The zero-order valence-corrected chi connectivity index (χ0v) is 17.8. The average Bonchev–Trinajstić information content (AvgIpc) is 3.10. The van der Waals surface area contributed by atoms with Crippen LogP contribution in [0.2, 0.25) is 0 Å². The molecule has 0 aliphatic carbocycles. The van der Waals surface area contributed by atoms with Crippen LogP contribution in [0.3, 0.4) is 0 Å². The van der Waals surface area contributed by atoms with Gasteiger partial charge in [-0.05, 0) is 22.0 Å². The number of non-ortho nitro benzene ring substituents is 1. The van der Waals surface area contributed by atoms with Crippen molar-refractivity contribution in [2.45, 2.75) is 11.0 Å². The van der Waals surface area contributed by atoms with Gasteiger partial charge in [0.25, 0.3) is 15.8 Å². The van der Waals surface area contributed by atoms with Crippen LogP contribution < -0.4 is 9.64 Å². The van der Waals surface area contributed by atoms with E-state index in [4.69, 9.17) is 20.1 Å². The van der Waals surface area contributed by atoms with E-state index in [1.54, 1.807) is 0 Å². The van der Waals surface area contributed by atoms with Gasteiger partial charge in [-0.1, -0.05) is 12.5 Å². The molecule has 3 rings (SSSR count). The lowest BCUT2D eigenvalue weighted by molar-refractivity contribution is -0.385. The fraction of sp³-hybridized carbons (Fsp3) is 0.167. The first-order chi connectivity index (χ1) is 14.6. The van der Waals surface area contributed by atoms with Crippen LogP contribution in [0.15, 0.2) is 45.8 Å². The first-order valence-electron chi connectivity index (χ1n) is 8.36. The van der Waals surface area contributed by atoms with Gasteiger partial charge in [0.1, 0.15) is 29.5 Å². The Labute approximate surface area is 183 Å². The van der Waals surface area contributed by atoms with Crippen molar-refractivity contribution >= 4 is 43.5 Å². The van der Waals surface area contributed by atoms with Crippen LogP contribution in [0, 0.1) is 28.5 Å². The van der Waals surface area contributed by atoms with Crippen molar-refractivity contribution in [1.82, 2.24) is 0 Å². The number of nitro groups is 1. The van der Waals surface area contributed by atoms with Gasteiger partial charge in [-0.2, -0.15) is 8.42 Å². The van der Waals surface area contributed by atoms with E-state index in [0.29, 0.717) is 0 Å². The Morgan fingerprint density at radius 2 is 2.13 bits per heavy atom. The number of ether oxygens (including phenoxy) is 2. The maximum absolute atomic E-state index is 14.0. The number of halogens is 2. The molecule has 0 spiro atoms. The van der Waals surface area contributed by atoms with Crippen LogP contribution in [0.25, 0.3) is 0 Å². The van der Waals surface area contributed by atoms with E-state index in [-0.39, 0.29) is 22.5 Å². The van der Waals surface area contributed by atoms with Crippen molar-refractivity contribution in [1.29, 1.82) is 0 Å². The predicted molar refractivity (Wildman–Crippen MR) is 107 cm³/mol. The molecule has 1 saturated heterocycles. The second-order valence-electron chi connectivity index (χ2n) is 6.06. The molecule has 13 heteroatoms. The van der Waals surface area contributed by atoms with E-state index < -0.39 is 50.2 Å². The molecule has 10 nitrogen and oxygen atoms in total. The van der Waals surface area contributed by atoms with Crippen molar-refractivity contribution in [3.8, 4) is 18.3 Å². The molecule has 1 heterocycles. The Bertz CT molecular complexity index is 1200. The van der Waals surface area contributed by atoms with Gasteiger partial charge in [0.15, 0.2) is 5.75 Å². The fourth-order valence-electron chi connectivity index (χ4n) is 2.67. The number of terminal acetylenes is 1. The lowest BCUT2D eigenvalue weighted by Crippen LogP contribution is -2.27. The van der Waals surface area contributed by atoms with Gasteiger partial charge in [-0.25, -0.2) is 9.18 Å². The van der Waals surface area contributed by atoms with Crippen molar-refractivity contribution in [2.75, 3.05) is 18.1 Å². The minimum Gasteiger partial charge on any atom is -0.441 e. The molecular weight excluding hydrogens is 503 g/mol. The monoisotopic (exact) mass is 514 g/mol. The minimum absolute atomic E-state index is 0.00138. The van der Waals surface area contributed by atoms with Crippen LogP contribution in [-0.2, 0) is 19.0 Å². The molecule has 1 atom stereocenters. The average molecular weight is 515 g/mol. The van der Waals surface area contributed by atoms with Crippen molar-refractivity contribution in [2.24, 2.45) is 0 Å². The molecule has 0 N–H and O–H groups in total. The van der Waals surface area contributed by atoms with Gasteiger partial charge >= 0.3 is 6.09 Å². The molecule has 2 aromatic rings. The molecular formula is C18H12BrFN2O8S. The van der Waals surface area contributed by atoms with Crippen molar-refractivity contribution < 1.29 is 36.2 Å². The second-order valence-corrected chi connectivity index (χ2v) is 8.53. The van der Waals surface area contributed by atoms with Gasteiger partial charge in [0.2, 0.25) is 0 Å². The zero-order chi connectivity index (χ0) is 22.8. The number of nitro benzene ring substituents is 1. The number of amides is 1. The van der Waals surface area contributed by atoms with Crippen molar-refractivity contribution in [3.63, 3.8) is 0 Å². The lowest BCUT2D eigenvalue weighted by Gasteiger charge is -2.16. The van der Waals surface area contributed by atoms with E-state index in [1.807, 2.05) is 6.11 Å². The summed E-state index contributed by atoms with van der Waals surface area (Å²) in [6, 6.07) is 6.53. The zero-order valence-electron chi connectivity index (χ0n) is 15.4. The molecule has 1 aliphatic heterocycles. The maximum Gasteiger partial charge on any atom is 0.414 e. The number of hydrogen-bond donors (Lipinski definition) is 0. The Morgan fingerprint density at radius 1 is 1.39 bits per heavy atom. The van der Waals surface area contributed by atoms with E-state index >= 15 is 0 Å². The summed E-state index contributed by atoms with van der Waals surface area (Å²) in [5.41, 5.74) is -0.450. The third kappa shape index (κ3) is 4.93. The van der Waals surface area contributed by atoms with Gasteiger partial charge in [0, 0.05) is 24.3 Å².